The molecule has 2 heterocycles. The van der Waals surface area contributed by atoms with Crippen molar-refractivity contribution < 1.29 is 23.5 Å². The molecule has 1 atom stereocenters. The Balaban J connectivity index is 1.43. The first-order valence-electron chi connectivity index (χ1n) is 9.37. The maximum absolute atomic E-state index is 12.2. The number of carbonyl (C=O) groups excluding carboxylic acids is 3. The summed E-state index contributed by atoms with van der Waals surface area (Å²) in [5, 5.41) is 3.69. The topological polar surface area (TPSA) is 85.6 Å². The van der Waals surface area contributed by atoms with E-state index < -0.39 is 18.5 Å². The van der Waals surface area contributed by atoms with E-state index in [4.69, 9.17) is 9.15 Å². The Hall–Kier alpha value is -2.93. The van der Waals surface area contributed by atoms with Gasteiger partial charge in [-0.05, 0) is 39.0 Å². The minimum absolute atomic E-state index is 0.0560. The van der Waals surface area contributed by atoms with Gasteiger partial charge in [-0.25, -0.2) is 0 Å². The highest BCUT2D eigenvalue weighted by atomic mass is 32.1. The van der Waals surface area contributed by atoms with Gasteiger partial charge in [0.2, 0.25) is 0 Å². The summed E-state index contributed by atoms with van der Waals surface area (Å²) in [5.41, 5.74) is 1.40. The van der Waals surface area contributed by atoms with E-state index in [0.717, 1.165) is 20.7 Å². The van der Waals surface area contributed by atoms with Crippen molar-refractivity contribution in [3.8, 4) is 0 Å². The second-order valence-electron chi connectivity index (χ2n) is 6.89. The monoisotopic (exact) mass is 413 g/mol. The maximum atomic E-state index is 12.2. The number of furan rings is 1. The number of esters is 1. The van der Waals surface area contributed by atoms with Gasteiger partial charge in [-0.15, -0.1) is 11.3 Å². The molecule has 2 aromatic heterocycles. The van der Waals surface area contributed by atoms with Gasteiger partial charge >= 0.3 is 5.97 Å². The molecule has 0 aliphatic heterocycles. The number of nitrogens with one attached hydrogen (secondary N) is 1. The van der Waals surface area contributed by atoms with Crippen LogP contribution in [0.15, 0.2) is 40.8 Å². The summed E-state index contributed by atoms with van der Waals surface area (Å²) in [4.78, 5) is 38.1. The lowest BCUT2D eigenvalue weighted by atomic mass is 10.1. The molecule has 1 N–H and O–H groups in total. The fraction of sp³-hybridized carbons (Fsp3) is 0.318. The molecule has 0 spiro atoms. The summed E-state index contributed by atoms with van der Waals surface area (Å²) in [5.74, 6) is -0.471. The molecule has 1 aromatic carbocycles. The number of Topliss-reactive ketones (excluding diaryl/α,β-unsaturated/α-hetero) is 1. The average molecular weight is 413 g/mol. The number of aryl methyl sites for hydroxylation is 2. The summed E-state index contributed by atoms with van der Waals surface area (Å²) >= 11 is 1.55. The molecule has 0 unspecified atom stereocenters. The second-order valence-corrected chi connectivity index (χ2v) is 8.35. The number of hydrogen-bond donors (Lipinski definition) is 1. The van der Waals surface area contributed by atoms with E-state index in [1.54, 1.807) is 18.3 Å². The van der Waals surface area contributed by atoms with E-state index in [9.17, 15) is 14.4 Å². The third-order valence-electron chi connectivity index (χ3n) is 4.51. The van der Waals surface area contributed by atoms with Crippen LogP contribution in [0, 0.1) is 13.8 Å². The Morgan fingerprint density at radius 2 is 1.90 bits per heavy atom. The van der Waals surface area contributed by atoms with Crippen molar-refractivity contribution in [1.82, 2.24) is 5.32 Å². The number of para-hydroxylation sites is 1. The minimum atomic E-state index is -0.575. The van der Waals surface area contributed by atoms with Crippen molar-refractivity contribution >= 4 is 40.0 Å². The lowest BCUT2D eigenvalue weighted by Crippen LogP contribution is -2.31. The summed E-state index contributed by atoms with van der Waals surface area (Å²) in [7, 11) is 0. The number of carbonyl (C=O) groups is 3. The Bertz CT molecular complexity index is 1020. The normalized spacial score (nSPS) is 12.0. The predicted molar refractivity (Wildman–Crippen MR) is 111 cm³/mol. The smallest absolute Gasteiger partial charge is 0.306 e. The van der Waals surface area contributed by atoms with Crippen molar-refractivity contribution in [2.24, 2.45) is 0 Å². The highest BCUT2D eigenvalue weighted by Crippen LogP contribution is 2.24. The van der Waals surface area contributed by atoms with Gasteiger partial charge in [0.15, 0.2) is 12.4 Å². The number of amides is 1. The quantitative estimate of drug-likeness (QED) is 0.434. The maximum Gasteiger partial charge on any atom is 0.306 e. The van der Waals surface area contributed by atoms with Gasteiger partial charge in [-0.3, -0.25) is 14.4 Å². The molecule has 0 saturated carbocycles. The SMILES string of the molecule is Cc1cc(C(=O)CCC(=O)OCC(=O)N[C@H](C)c2cc3ccccc3o2)c(C)s1. The fourth-order valence-corrected chi connectivity index (χ4v) is 3.99. The number of benzene rings is 1. The molecule has 152 valence electrons. The molecular weight excluding hydrogens is 390 g/mol. The zero-order chi connectivity index (χ0) is 21.0. The molecule has 0 aliphatic rings. The first-order chi connectivity index (χ1) is 13.8. The van der Waals surface area contributed by atoms with Crippen molar-refractivity contribution in [2.75, 3.05) is 6.61 Å². The standard InChI is InChI=1S/C22H23NO5S/c1-13-10-17(15(3)29-13)18(24)8-9-22(26)27-12-21(25)23-14(2)20-11-16-6-4-5-7-19(16)28-20/h4-7,10-11,14H,8-9,12H2,1-3H3,(H,23,25)/t14-/m1/s1. The highest BCUT2D eigenvalue weighted by molar-refractivity contribution is 7.12. The highest BCUT2D eigenvalue weighted by Gasteiger charge is 2.17. The van der Waals surface area contributed by atoms with Crippen LogP contribution in [-0.2, 0) is 14.3 Å². The van der Waals surface area contributed by atoms with E-state index in [-0.39, 0.29) is 24.7 Å². The summed E-state index contributed by atoms with van der Waals surface area (Å²) in [6.07, 6.45) is 0.00638. The zero-order valence-corrected chi connectivity index (χ0v) is 17.4. The molecule has 0 aliphatic carbocycles. The van der Waals surface area contributed by atoms with Gasteiger partial charge in [-0.2, -0.15) is 0 Å². The van der Waals surface area contributed by atoms with E-state index in [2.05, 4.69) is 5.32 Å². The molecule has 6 nitrogen and oxygen atoms in total. The first kappa shape index (κ1) is 20.8. The number of thiophene rings is 1. The van der Waals surface area contributed by atoms with Crippen LogP contribution in [-0.4, -0.2) is 24.3 Å². The van der Waals surface area contributed by atoms with Crippen molar-refractivity contribution in [1.29, 1.82) is 0 Å². The van der Waals surface area contributed by atoms with Crippen LogP contribution in [0.3, 0.4) is 0 Å². The predicted octanol–water partition coefficient (Wildman–Crippen LogP) is 4.49. The largest absolute Gasteiger partial charge is 0.459 e. The lowest BCUT2D eigenvalue weighted by Gasteiger charge is -2.11. The van der Waals surface area contributed by atoms with Gasteiger partial charge in [0.1, 0.15) is 11.3 Å². The van der Waals surface area contributed by atoms with Gasteiger partial charge in [0, 0.05) is 27.1 Å². The summed E-state index contributed by atoms with van der Waals surface area (Å²) in [6, 6.07) is 10.9. The van der Waals surface area contributed by atoms with Crippen LogP contribution < -0.4 is 5.32 Å². The van der Waals surface area contributed by atoms with Crippen LogP contribution in [0.4, 0.5) is 0 Å². The third-order valence-corrected chi connectivity index (χ3v) is 5.48. The van der Waals surface area contributed by atoms with Gasteiger partial charge in [0.25, 0.3) is 5.91 Å². The molecule has 0 bridgehead atoms. The average Bonchev–Trinajstić information content (AvgIpc) is 3.27. The van der Waals surface area contributed by atoms with E-state index in [1.165, 1.54) is 0 Å². The van der Waals surface area contributed by atoms with Crippen LogP contribution in [0.25, 0.3) is 11.0 Å². The van der Waals surface area contributed by atoms with Gasteiger partial charge < -0.3 is 14.5 Å². The molecule has 3 aromatic rings. The first-order valence-corrected chi connectivity index (χ1v) is 10.2. The van der Waals surface area contributed by atoms with E-state index in [0.29, 0.717) is 11.3 Å². The number of ether oxygens (including phenoxy) is 1. The van der Waals surface area contributed by atoms with Crippen LogP contribution in [0.1, 0.15) is 51.7 Å². The van der Waals surface area contributed by atoms with Crippen molar-refractivity contribution in [3.63, 3.8) is 0 Å². The Kier molecular flexibility index (Phi) is 6.49. The fourth-order valence-electron chi connectivity index (χ4n) is 3.05. The lowest BCUT2D eigenvalue weighted by molar-refractivity contribution is -0.148. The zero-order valence-electron chi connectivity index (χ0n) is 16.6. The minimum Gasteiger partial charge on any atom is -0.459 e. The Morgan fingerprint density at radius 3 is 2.59 bits per heavy atom. The van der Waals surface area contributed by atoms with Crippen LogP contribution in [0.2, 0.25) is 0 Å². The number of hydrogen-bond acceptors (Lipinski definition) is 6. The molecule has 29 heavy (non-hydrogen) atoms. The molecule has 1 amide bonds. The molecule has 7 heteroatoms. The van der Waals surface area contributed by atoms with Gasteiger partial charge in [0.05, 0.1) is 12.5 Å². The molecule has 0 fully saturated rings. The van der Waals surface area contributed by atoms with E-state index >= 15 is 0 Å². The Labute approximate surface area is 172 Å². The summed E-state index contributed by atoms with van der Waals surface area (Å²) < 4.78 is 10.7. The number of rotatable bonds is 8. The van der Waals surface area contributed by atoms with Crippen LogP contribution >= 0.6 is 11.3 Å². The molecule has 0 radical (unpaired) electrons. The van der Waals surface area contributed by atoms with Gasteiger partial charge in [-0.1, -0.05) is 18.2 Å². The van der Waals surface area contributed by atoms with E-state index in [1.807, 2.05) is 50.2 Å². The summed E-state index contributed by atoms with van der Waals surface area (Å²) in [6.45, 7) is 5.22. The Morgan fingerprint density at radius 1 is 1.14 bits per heavy atom. The van der Waals surface area contributed by atoms with Crippen molar-refractivity contribution in [2.45, 2.75) is 39.7 Å². The molecule has 0 saturated heterocycles. The van der Waals surface area contributed by atoms with Crippen molar-refractivity contribution in [3.05, 3.63) is 57.5 Å². The second kappa shape index (κ2) is 9.05. The third kappa shape index (κ3) is 5.32. The molecular formula is C22H23NO5S. The van der Waals surface area contributed by atoms with Crippen LogP contribution in [0.5, 0.6) is 0 Å². The molecule has 3 rings (SSSR count). The number of fused-ring (bicyclic) bond motifs is 1. The number of ketones is 1.